The van der Waals surface area contributed by atoms with Gasteiger partial charge in [-0.1, -0.05) is 45.0 Å². The summed E-state index contributed by atoms with van der Waals surface area (Å²) < 4.78 is 28.4. The van der Waals surface area contributed by atoms with Crippen LogP contribution in [0.5, 0.6) is 0 Å². The number of rotatable bonds is 7. The largest absolute Gasteiger partial charge is 0.480 e. The van der Waals surface area contributed by atoms with Crippen molar-refractivity contribution >= 4 is 28.7 Å². The number of aromatic nitrogens is 2. The molecule has 0 aliphatic rings. The van der Waals surface area contributed by atoms with E-state index in [9.17, 15) is 23.2 Å². The number of aliphatic carboxylic acids is 1. The number of carbonyl (C=O) groups is 3. The number of carboxylic acids is 1. The molecule has 0 unspecified atom stereocenters. The molecule has 0 bridgehead atoms. The van der Waals surface area contributed by atoms with Crippen molar-refractivity contribution in [3.8, 4) is 0 Å². The molecule has 3 aromatic rings. The van der Waals surface area contributed by atoms with Crippen molar-refractivity contribution in [2.24, 2.45) is 5.41 Å². The van der Waals surface area contributed by atoms with Crippen LogP contribution in [0.2, 0.25) is 0 Å². The van der Waals surface area contributed by atoms with Crippen molar-refractivity contribution in [3.63, 3.8) is 0 Å². The Balaban J connectivity index is 1.92. The van der Waals surface area contributed by atoms with E-state index in [1.54, 1.807) is 45.0 Å². The van der Waals surface area contributed by atoms with Crippen LogP contribution in [0, 0.1) is 17.0 Å². The number of para-hydroxylation sites is 1. The summed E-state index contributed by atoms with van der Waals surface area (Å²) in [4.78, 5) is 36.5. The van der Waals surface area contributed by atoms with Crippen LogP contribution in [0.15, 0.2) is 42.5 Å². The van der Waals surface area contributed by atoms with Gasteiger partial charge in [0.15, 0.2) is 17.3 Å². The molecule has 1 heterocycles. The van der Waals surface area contributed by atoms with Crippen molar-refractivity contribution < 1.29 is 28.3 Å². The normalized spacial score (nSPS) is 12.4. The molecule has 1 atom stereocenters. The molecule has 2 aromatic carbocycles. The van der Waals surface area contributed by atoms with E-state index in [0.717, 1.165) is 12.1 Å². The molecule has 0 aliphatic carbocycles. The molecule has 33 heavy (non-hydrogen) atoms. The molecule has 0 aliphatic heterocycles. The van der Waals surface area contributed by atoms with E-state index < -0.39 is 47.4 Å². The van der Waals surface area contributed by atoms with E-state index in [1.807, 2.05) is 0 Å². The standard InChI is InChI=1S/C23H24F2N4O4/c1-23(2,3)20(22(33)26-11-18(30)31)27-21(32)19-14-6-4-5-7-17(14)29(28-19)12-13-8-9-15(24)16(25)10-13/h4-10,20H,11-12H2,1-3H3,(H,26,33)(H,27,32)(H,30,31)/t20-/m1/s1. The van der Waals surface area contributed by atoms with Crippen molar-refractivity contribution in [1.82, 2.24) is 20.4 Å². The number of nitrogens with zero attached hydrogens (tertiary/aromatic N) is 2. The highest BCUT2D eigenvalue weighted by Gasteiger charge is 2.34. The number of halogens is 2. The van der Waals surface area contributed by atoms with Crippen LogP contribution < -0.4 is 10.6 Å². The SMILES string of the molecule is CC(C)(C)[C@H](NC(=O)c1nn(Cc2ccc(F)c(F)c2)c2ccccc12)C(=O)NCC(=O)O. The zero-order valence-corrected chi connectivity index (χ0v) is 18.4. The highest BCUT2D eigenvalue weighted by atomic mass is 19.2. The lowest BCUT2D eigenvalue weighted by atomic mass is 9.86. The van der Waals surface area contributed by atoms with Crippen molar-refractivity contribution in [2.45, 2.75) is 33.4 Å². The molecular formula is C23H24F2N4O4. The van der Waals surface area contributed by atoms with Gasteiger partial charge < -0.3 is 15.7 Å². The van der Waals surface area contributed by atoms with Crippen molar-refractivity contribution in [1.29, 1.82) is 0 Å². The predicted octanol–water partition coefficient (Wildman–Crippen LogP) is 2.71. The van der Waals surface area contributed by atoms with E-state index in [-0.39, 0.29) is 12.2 Å². The summed E-state index contributed by atoms with van der Waals surface area (Å²) in [6, 6.07) is 9.39. The number of hydrogen-bond donors (Lipinski definition) is 3. The average Bonchev–Trinajstić information content (AvgIpc) is 3.10. The van der Waals surface area contributed by atoms with E-state index in [0.29, 0.717) is 16.5 Å². The Morgan fingerprint density at radius 3 is 2.42 bits per heavy atom. The van der Waals surface area contributed by atoms with Gasteiger partial charge in [-0.3, -0.25) is 19.1 Å². The third-order valence-corrected chi connectivity index (χ3v) is 5.01. The van der Waals surface area contributed by atoms with Gasteiger partial charge in [0.25, 0.3) is 5.91 Å². The summed E-state index contributed by atoms with van der Waals surface area (Å²) in [6.45, 7) is 4.72. The van der Waals surface area contributed by atoms with Crippen LogP contribution in [-0.4, -0.2) is 45.3 Å². The number of carbonyl (C=O) groups excluding carboxylic acids is 2. The first-order valence-electron chi connectivity index (χ1n) is 10.2. The fourth-order valence-corrected chi connectivity index (χ4v) is 3.37. The third-order valence-electron chi connectivity index (χ3n) is 5.01. The van der Waals surface area contributed by atoms with Crippen molar-refractivity contribution in [2.75, 3.05) is 6.54 Å². The Bertz CT molecular complexity index is 1220. The van der Waals surface area contributed by atoms with E-state index in [2.05, 4.69) is 15.7 Å². The highest BCUT2D eigenvalue weighted by molar-refractivity contribution is 6.06. The molecule has 0 fully saturated rings. The van der Waals surface area contributed by atoms with Crippen LogP contribution >= 0.6 is 0 Å². The minimum atomic E-state index is -1.20. The van der Waals surface area contributed by atoms with Crippen LogP contribution in [0.25, 0.3) is 10.9 Å². The monoisotopic (exact) mass is 458 g/mol. The van der Waals surface area contributed by atoms with Crippen LogP contribution in [-0.2, 0) is 16.1 Å². The van der Waals surface area contributed by atoms with Gasteiger partial charge >= 0.3 is 5.97 Å². The Kier molecular flexibility index (Phi) is 6.75. The lowest BCUT2D eigenvalue weighted by Crippen LogP contribution is -2.54. The first-order valence-corrected chi connectivity index (χ1v) is 10.2. The molecule has 2 amide bonds. The number of amides is 2. The molecule has 0 saturated carbocycles. The maximum absolute atomic E-state index is 13.6. The quantitative estimate of drug-likeness (QED) is 0.504. The summed E-state index contributed by atoms with van der Waals surface area (Å²) in [6.07, 6.45) is 0. The first-order chi connectivity index (χ1) is 15.5. The van der Waals surface area contributed by atoms with Gasteiger partial charge in [0.2, 0.25) is 5.91 Å². The molecular weight excluding hydrogens is 434 g/mol. The van der Waals surface area contributed by atoms with E-state index >= 15 is 0 Å². The molecule has 3 rings (SSSR count). The number of hydrogen-bond acceptors (Lipinski definition) is 4. The molecule has 174 valence electrons. The Labute approximate surface area is 188 Å². The lowest BCUT2D eigenvalue weighted by Gasteiger charge is -2.30. The summed E-state index contributed by atoms with van der Waals surface area (Å²) in [5, 5.41) is 18.6. The maximum Gasteiger partial charge on any atom is 0.322 e. The number of carboxylic acid groups (broad SMARTS) is 1. The van der Waals surface area contributed by atoms with Gasteiger partial charge in [0, 0.05) is 5.39 Å². The fraction of sp³-hybridized carbons (Fsp3) is 0.304. The van der Waals surface area contributed by atoms with Gasteiger partial charge in [0.05, 0.1) is 12.1 Å². The van der Waals surface area contributed by atoms with Gasteiger partial charge in [-0.2, -0.15) is 5.10 Å². The smallest absolute Gasteiger partial charge is 0.322 e. The summed E-state index contributed by atoms with van der Waals surface area (Å²) in [5.41, 5.74) is 0.376. The Morgan fingerprint density at radius 2 is 1.79 bits per heavy atom. The van der Waals surface area contributed by atoms with Crippen LogP contribution in [0.3, 0.4) is 0 Å². The molecule has 0 radical (unpaired) electrons. The van der Waals surface area contributed by atoms with Gasteiger partial charge in [-0.15, -0.1) is 0 Å². The number of fused-ring (bicyclic) bond motifs is 1. The molecule has 10 heteroatoms. The molecule has 0 saturated heterocycles. The second kappa shape index (κ2) is 9.35. The van der Waals surface area contributed by atoms with Gasteiger partial charge in [-0.05, 0) is 29.2 Å². The summed E-state index contributed by atoms with van der Waals surface area (Å²) >= 11 is 0. The Morgan fingerprint density at radius 1 is 1.09 bits per heavy atom. The molecule has 8 nitrogen and oxygen atoms in total. The van der Waals surface area contributed by atoms with E-state index in [1.165, 1.54) is 10.7 Å². The minimum absolute atomic E-state index is 0.0495. The van der Waals surface area contributed by atoms with Gasteiger partial charge in [0.1, 0.15) is 12.6 Å². The lowest BCUT2D eigenvalue weighted by molar-refractivity contribution is -0.138. The zero-order valence-electron chi connectivity index (χ0n) is 18.4. The van der Waals surface area contributed by atoms with Gasteiger partial charge in [-0.25, -0.2) is 8.78 Å². The van der Waals surface area contributed by atoms with Crippen LogP contribution in [0.1, 0.15) is 36.8 Å². The zero-order chi connectivity index (χ0) is 24.3. The molecule has 1 aromatic heterocycles. The second-order valence-electron chi connectivity index (χ2n) is 8.66. The Hall–Kier alpha value is -3.82. The highest BCUT2D eigenvalue weighted by Crippen LogP contribution is 2.23. The van der Waals surface area contributed by atoms with Crippen LogP contribution in [0.4, 0.5) is 8.78 Å². The molecule has 3 N–H and O–H groups in total. The predicted molar refractivity (Wildman–Crippen MR) is 117 cm³/mol. The topological polar surface area (TPSA) is 113 Å². The summed E-state index contributed by atoms with van der Waals surface area (Å²) in [5.74, 6) is -4.41. The minimum Gasteiger partial charge on any atom is -0.480 e. The maximum atomic E-state index is 13.6. The second-order valence-corrected chi connectivity index (χ2v) is 8.66. The number of benzene rings is 2. The third kappa shape index (κ3) is 5.51. The first kappa shape index (κ1) is 23.8. The van der Waals surface area contributed by atoms with E-state index in [4.69, 9.17) is 5.11 Å². The molecule has 0 spiro atoms. The fourth-order valence-electron chi connectivity index (χ4n) is 3.37. The average molecular weight is 458 g/mol. The summed E-state index contributed by atoms with van der Waals surface area (Å²) in [7, 11) is 0. The van der Waals surface area contributed by atoms with Crippen molar-refractivity contribution in [3.05, 3.63) is 65.4 Å². The number of nitrogens with one attached hydrogen (secondary N) is 2.